The predicted molar refractivity (Wildman–Crippen MR) is 138 cm³/mol. The van der Waals surface area contributed by atoms with Crippen molar-refractivity contribution in [3.63, 3.8) is 0 Å². The zero-order chi connectivity index (χ0) is 26.3. The molecule has 196 valence electrons. The molecule has 11 nitrogen and oxygen atoms in total. The minimum atomic E-state index is -1.44. The summed E-state index contributed by atoms with van der Waals surface area (Å²) in [6, 6.07) is 9.69. The first-order valence-corrected chi connectivity index (χ1v) is 13.7. The van der Waals surface area contributed by atoms with E-state index in [9.17, 15) is 13.8 Å². The maximum atomic E-state index is 12.6. The third-order valence-electron chi connectivity index (χ3n) is 4.40. The van der Waals surface area contributed by atoms with Crippen LogP contribution in [0.5, 0.6) is 0 Å². The van der Waals surface area contributed by atoms with Gasteiger partial charge in [-0.25, -0.2) is 8.89 Å². The number of nitrogens with one attached hydrogen (secondary N) is 1. The normalized spacial score (nSPS) is 12.9. The summed E-state index contributed by atoms with van der Waals surface area (Å²) in [6.45, 7) is 8.52. The average molecular weight is 528 g/mol. The van der Waals surface area contributed by atoms with Crippen LogP contribution in [0.1, 0.15) is 57.2 Å². The van der Waals surface area contributed by atoms with E-state index in [1.165, 1.54) is 0 Å². The fourth-order valence-electron chi connectivity index (χ4n) is 2.67. The van der Waals surface area contributed by atoms with Crippen LogP contribution in [-0.4, -0.2) is 59.9 Å². The molecule has 0 fully saturated rings. The number of carbonyl (C=O) groups excluding carboxylic acids is 2. The number of rotatable bonds is 14. The van der Waals surface area contributed by atoms with Crippen LogP contribution >= 0.6 is 11.8 Å². The largest absolute Gasteiger partial charge is 0.375 e. The van der Waals surface area contributed by atoms with E-state index in [0.717, 1.165) is 17.3 Å². The lowest BCUT2D eigenvalue weighted by atomic mass is 10.1. The van der Waals surface area contributed by atoms with Gasteiger partial charge in [-0.2, -0.15) is 0 Å². The van der Waals surface area contributed by atoms with Gasteiger partial charge in [0.15, 0.2) is 5.82 Å². The maximum absolute atomic E-state index is 12.6. The first-order chi connectivity index (χ1) is 16.7. The number of benzene rings is 1. The highest BCUT2D eigenvalue weighted by Gasteiger charge is 2.30. The smallest absolute Gasteiger partial charge is 0.220 e. The number of aromatic nitrogens is 4. The van der Waals surface area contributed by atoms with Gasteiger partial charge in [0.1, 0.15) is 0 Å². The van der Waals surface area contributed by atoms with E-state index in [2.05, 4.69) is 20.8 Å². The van der Waals surface area contributed by atoms with E-state index < -0.39 is 21.8 Å². The summed E-state index contributed by atoms with van der Waals surface area (Å²) in [7, 11) is -1.44. The van der Waals surface area contributed by atoms with Crippen LogP contribution in [0.25, 0.3) is 0 Å². The van der Waals surface area contributed by atoms with Crippen molar-refractivity contribution in [3.05, 3.63) is 41.7 Å². The van der Waals surface area contributed by atoms with Gasteiger partial charge in [-0.05, 0) is 36.3 Å². The Morgan fingerprint density at radius 1 is 1.26 bits per heavy atom. The van der Waals surface area contributed by atoms with Gasteiger partial charge < -0.3 is 15.8 Å². The predicted octanol–water partition coefficient (Wildman–Crippen LogP) is 1.47. The number of amides is 1. The topological polar surface area (TPSA) is 168 Å². The van der Waals surface area contributed by atoms with Gasteiger partial charge in [-0.15, -0.1) is 5.10 Å². The number of nitrogens with zero attached hydrogens (tertiary/aromatic N) is 4. The lowest BCUT2D eigenvalue weighted by Crippen LogP contribution is -2.40. The molecule has 0 saturated carbocycles. The van der Waals surface area contributed by atoms with Crippen LogP contribution in [0.4, 0.5) is 0 Å². The van der Waals surface area contributed by atoms with Crippen molar-refractivity contribution in [2.24, 2.45) is 10.9 Å². The minimum absolute atomic E-state index is 0.174. The van der Waals surface area contributed by atoms with Crippen LogP contribution in [0, 0.1) is 0 Å². The molecule has 1 aromatic carbocycles. The molecule has 0 saturated heterocycles. The van der Waals surface area contributed by atoms with Crippen LogP contribution in [0.3, 0.4) is 0 Å². The first-order valence-electron chi connectivity index (χ1n) is 11.4. The Morgan fingerprint density at radius 3 is 2.57 bits per heavy atom. The molecular weight excluding hydrogens is 490 g/mol. The number of ether oxygens (including phenoxy) is 1. The molecular formula is C22H37N7O4S2. The maximum Gasteiger partial charge on any atom is 0.220 e. The second-order valence-corrected chi connectivity index (χ2v) is 10.3. The molecule has 2 aromatic rings. The molecule has 5 N–H and O–H groups in total. The lowest BCUT2D eigenvalue weighted by Gasteiger charge is -2.21. The zero-order valence-corrected chi connectivity index (χ0v) is 22.4. The number of carbonyl (C=O) groups is 2. The third-order valence-corrected chi connectivity index (χ3v) is 6.38. The van der Waals surface area contributed by atoms with E-state index in [-0.39, 0.29) is 36.3 Å². The fourth-order valence-corrected chi connectivity index (χ4v) is 3.97. The van der Waals surface area contributed by atoms with Gasteiger partial charge in [0, 0.05) is 19.5 Å². The standard InChI is InChI=1S/C20H31N7O4S2.C2H6/c1-20(2,21)19(29)32-16(14-31-13-15-7-4-3-5-8-15)18-24-25-26-27(18)11-6-9-17(28)23-10-12-33(22)30;1-2/h3-5,7-8,16H,6,9-14,21-22H2,1-2H3,(H,23,28);1-2H3. The number of nitrogens with two attached hydrogens (primary N) is 2. The van der Waals surface area contributed by atoms with Crippen molar-refractivity contribution in [1.82, 2.24) is 25.5 Å². The average Bonchev–Trinajstić information content (AvgIpc) is 3.28. The number of hydrogen-bond acceptors (Lipinski definition) is 9. The molecule has 1 amide bonds. The number of aryl methyl sites for hydroxylation is 1. The van der Waals surface area contributed by atoms with Crippen LogP contribution < -0.4 is 16.2 Å². The highest BCUT2D eigenvalue weighted by molar-refractivity contribution is 8.14. The van der Waals surface area contributed by atoms with Crippen LogP contribution in [-0.2, 0) is 38.5 Å². The zero-order valence-electron chi connectivity index (χ0n) is 20.8. The van der Waals surface area contributed by atoms with Crippen LogP contribution in [0.2, 0.25) is 0 Å². The Labute approximate surface area is 213 Å². The molecule has 1 heterocycles. The van der Waals surface area contributed by atoms with Crippen LogP contribution in [0.15, 0.2) is 30.3 Å². The van der Waals surface area contributed by atoms with E-state index in [4.69, 9.17) is 15.6 Å². The fraction of sp³-hybridized carbons (Fsp3) is 0.591. The molecule has 0 aliphatic heterocycles. The summed E-state index contributed by atoms with van der Waals surface area (Å²) < 4.78 is 18.3. The van der Waals surface area contributed by atoms with Gasteiger partial charge >= 0.3 is 0 Å². The highest BCUT2D eigenvalue weighted by Crippen LogP contribution is 2.31. The second-order valence-electron chi connectivity index (χ2n) is 7.91. The van der Waals surface area contributed by atoms with E-state index in [1.807, 2.05) is 44.2 Å². The van der Waals surface area contributed by atoms with Crippen molar-refractivity contribution in [2.75, 3.05) is 18.9 Å². The molecule has 0 bridgehead atoms. The van der Waals surface area contributed by atoms with E-state index in [1.54, 1.807) is 18.5 Å². The number of thioether (sulfide) groups is 1. The number of hydrogen-bond donors (Lipinski definition) is 3. The van der Waals surface area contributed by atoms with Gasteiger partial charge in [0.25, 0.3) is 0 Å². The molecule has 2 unspecified atom stereocenters. The van der Waals surface area contributed by atoms with Crippen molar-refractivity contribution >= 4 is 33.8 Å². The Morgan fingerprint density at radius 2 is 1.94 bits per heavy atom. The molecule has 0 aliphatic rings. The Bertz CT molecular complexity index is 920. The summed E-state index contributed by atoms with van der Waals surface area (Å²) in [5.74, 6) is 0.507. The summed E-state index contributed by atoms with van der Waals surface area (Å²) in [5.41, 5.74) is 5.96. The Kier molecular flexibility index (Phi) is 14.5. The SMILES string of the molecule is CC.CC(C)(N)C(=O)SC(COCc1ccccc1)c1nnnn1CCCC(=O)NCCS(N)=O. The van der Waals surface area contributed by atoms with Gasteiger partial charge in [-0.1, -0.05) is 55.9 Å². The molecule has 0 aliphatic carbocycles. The van der Waals surface area contributed by atoms with Crippen molar-refractivity contribution < 1.29 is 18.5 Å². The third kappa shape index (κ3) is 12.4. The first kappa shape index (κ1) is 30.8. The highest BCUT2D eigenvalue weighted by atomic mass is 32.2. The summed E-state index contributed by atoms with van der Waals surface area (Å²) in [6.07, 6.45) is 0.724. The number of tetrazole rings is 1. The molecule has 35 heavy (non-hydrogen) atoms. The summed E-state index contributed by atoms with van der Waals surface area (Å²) in [5, 5.41) is 19.0. The molecule has 2 atom stereocenters. The molecule has 13 heteroatoms. The Hall–Kier alpha value is -2.19. The van der Waals surface area contributed by atoms with E-state index >= 15 is 0 Å². The van der Waals surface area contributed by atoms with Crippen molar-refractivity contribution in [2.45, 2.75) is 64.5 Å². The van der Waals surface area contributed by atoms with Gasteiger partial charge in [0.2, 0.25) is 11.0 Å². The molecule has 0 radical (unpaired) electrons. The van der Waals surface area contributed by atoms with Crippen molar-refractivity contribution in [1.29, 1.82) is 0 Å². The monoisotopic (exact) mass is 527 g/mol. The molecule has 2 rings (SSSR count). The molecule has 0 spiro atoms. The molecule has 1 aromatic heterocycles. The second kappa shape index (κ2) is 16.5. The summed E-state index contributed by atoms with van der Waals surface area (Å²) >= 11 is 1.04. The Balaban J connectivity index is 0.00000298. The van der Waals surface area contributed by atoms with E-state index in [0.29, 0.717) is 25.4 Å². The quantitative estimate of drug-likeness (QED) is 0.329. The minimum Gasteiger partial charge on any atom is -0.375 e. The van der Waals surface area contributed by atoms with Gasteiger partial charge in [-0.3, -0.25) is 14.7 Å². The van der Waals surface area contributed by atoms with Gasteiger partial charge in [0.05, 0.1) is 40.7 Å². The van der Waals surface area contributed by atoms with Crippen molar-refractivity contribution in [3.8, 4) is 0 Å². The lowest BCUT2D eigenvalue weighted by molar-refractivity contribution is -0.121. The summed E-state index contributed by atoms with van der Waals surface area (Å²) in [4.78, 5) is 24.5.